The van der Waals surface area contributed by atoms with E-state index in [0.717, 1.165) is 22.6 Å². The minimum Gasteiger partial charge on any atom is -0.507 e. The number of nitrogens with one attached hydrogen (secondary N) is 1. The molecule has 15 heavy (non-hydrogen) atoms. The van der Waals surface area contributed by atoms with Gasteiger partial charge in [-0.3, -0.25) is 0 Å². The summed E-state index contributed by atoms with van der Waals surface area (Å²) in [5, 5.41) is 13.2. The molecule has 1 aliphatic carbocycles. The lowest BCUT2D eigenvalue weighted by Gasteiger charge is -2.12. The SMILES string of the molecule is CC1c2cc(I)c(O)cc2C2CNCC12. The zero-order chi connectivity index (χ0) is 10.6. The zero-order valence-electron chi connectivity index (χ0n) is 8.63. The summed E-state index contributed by atoms with van der Waals surface area (Å²) in [7, 11) is 0. The summed E-state index contributed by atoms with van der Waals surface area (Å²) in [6.45, 7) is 4.50. The van der Waals surface area contributed by atoms with Crippen LogP contribution in [0.15, 0.2) is 12.1 Å². The molecule has 3 rings (SSSR count). The lowest BCUT2D eigenvalue weighted by molar-refractivity contribution is 0.469. The molecule has 3 unspecified atom stereocenters. The van der Waals surface area contributed by atoms with Crippen molar-refractivity contribution in [3.05, 3.63) is 26.8 Å². The maximum absolute atomic E-state index is 9.76. The Balaban J connectivity index is 2.15. The number of hydrogen-bond acceptors (Lipinski definition) is 2. The van der Waals surface area contributed by atoms with Crippen LogP contribution >= 0.6 is 22.6 Å². The molecule has 1 saturated heterocycles. The normalized spacial score (nSPS) is 32.8. The number of fused-ring (bicyclic) bond motifs is 3. The Morgan fingerprint density at radius 3 is 2.93 bits per heavy atom. The Morgan fingerprint density at radius 2 is 2.13 bits per heavy atom. The van der Waals surface area contributed by atoms with Crippen molar-refractivity contribution in [2.45, 2.75) is 18.8 Å². The molecule has 3 heteroatoms. The van der Waals surface area contributed by atoms with Crippen molar-refractivity contribution in [3.63, 3.8) is 0 Å². The van der Waals surface area contributed by atoms with Gasteiger partial charge in [-0.25, -0.2) is 0 Å². The number of benzene rings is 1. The molecule has 2 nitrogen and oxygen atoms in total. The van der Waals surface area contributed by atoms with Crippen molar-refractivity contribution < 1.29 is 5.11 Å². The van der Waals surface area contributed by atoms with Gasteiger partial charge in [-0.1, -0.05) is 6.92 Å². The quantitative estimate of drug-likeness (QED) is 0.721. The second-order valence-corrected chi connectivity index (χ2v) is 5.81. The first-order valence-corrected chi connectivity index (χ1v) is 6.49. The van der Waals surface area contributed by atoms with Crippen LogP contribution in [0.25, 0.3) is 0 Å². The van der Waals surface area contributed by atoms with Crippen LogP contribution in [0.4, 0.5) is 0 Å². The number of phenolic OH excluding ortho intramolecular Hbond substituents is 1. The lowest BCUT2D eigenvalue weighted by atomic mass is 9.91. The van der Waals surface area contributed by atoms with E-state index in [1.807, 2.05) is 6.07 Å². The van der Waals surface area contributed by atoms with Gasteiger partial charge in [0.15, 0.2) is 0 Å². The third kappa shape index (κ3) is 1.32. The van der Waals surface area contributed by atoms with Gasteiger partial charge in [0.1, 0.15) is 5.75 Å². The van der Waals surface area contributed by atoms with Crippen LogP contribution in [0.1, 0.15) is 29.9 Å². The van der Waals surface area contributed by atoms with Crippen molar-refractivity contribution in [2.75, 3.05) is 13.1 Å². The Bertz CT molecular complexity index is 418. The summed E-state index contributed by atoms with van der Waals surface area (Å²) in [4.78, 5) is 0. The minimum atomic E-state index is 0.439. The third-order valence-electron chi connectivity index (χ3n) is 3.95. The molecule has 0 aromatic heterocycles. The Labute approximate surface area is 103 Å². The van der Waals surface area contributed by atoms with Gasteiger partial charge >= 0.3 is 0 Å². The van der Waals surface area contributed by atoms with E-state index in [-0.39, 0.29) is 0 Å². The standard InChI is InChI=1S/C12H14INO/c1-6-7-2-11(13)12(15)3-8(7)10-5-14-4-9(6)10/h2-3,6,9-10,14-15H,4-5H2,1H3. The molecule has 3 atom stereocenters. The number of phenols is 1. The summed E-state index contributed by atoms with van der Waals surface area (Å²) in [5.41, 5.74) is 2.82. The summed E-state index contributed by atoms with van der Waals surface area (Å²) in [6, 6.07) is 4.14. The fourth-order valence-corrected chi connectivity index (χ4v) is 3.60. The molecule has 1 heterocycles. The first-order chi connectivity index (χ1) is 7.18. The Morgan fingerprint density at radius 1 is 1.33 bits per heavy atom. The molecule has 80 valence electrons. The molecule has 0 amide bonds. The fraction of sp³-hybridized carbons (Fsp3) is 0.500. The molecule has 2 aliphatic rings. The first kappa shape index (κ1) is 9.90. The third-order valence-corrected chi connectivity index (χ3v) is 4.81. The second kappa shape index (κ2) is 3.35. The number of aromatic hydroxyl groups is 1. The average molecular weight is 315 g/mol. The molecule has 0 saturated carbocycles. The maximum atomic E-state index is 9.76. The number of halogens is 1. The molecular formula is C12H14INO. The molecule has 0 bridgehead atoms. The summed E-state index contributed by atoms with van der Waals surface area (Å²) < 4.78 is 0.978. The summed E-state index contributed by atoms with van der Waals surface area (Å²) in [6.07, 6.45) is 0. The van der Waals surface area contributed by atoms with E-state index in [4.69, 9.17) is 0 Å². The molecule has 1 aromatic carbocycles. The van der Waals surface area contributed by atoms with Crippen molar-refractivity contribution in [2.24, 2.45) is 5.92 Å². The topological polar surface area (TPSA) is 32.3 Å². The highest BCUT2D eigenvalue weighted by molar-refractivity contribution is 14.1. The Kier molecular flexibility index (Phi) is 2.21. The Hall–Kier alpha value is -0.290. The van der Waals surface area contributed by atoms with Gasteiger partial charge in [-0.05, 0) is 64.2 Å². The van der Waals surface area contributed by atoms with E-state index in [1.165, 1.54) is 11.1 Å². The molecule has 1 aliphatic heterocycles. The van der Waals surface area contributed by atoms with Crippen LogP contribution < -0.4 is 5.32 Å². The largest absolute Gasteiger partial charge is 0.507 e. The average Bonchev–Trinajstić information content (AvgIpc) is 2.75. The highest BCUT2D eigenvalue weighted by atomic mass is 127. The predicted molar refractivity (Wildman–Crippen MR) is 68.3 cm³/mol. The van der Waals surface area contributed by atoms with Crippen LogP contribution in [0.2, 0.25) is 0 Å². The zero-order valence-corrected chi connectivity index (χ0v) is 10.8. The van der Waals surface area contributed by atoms with Gasteiger partial charge in [-0.15, -0.1) is 0 Å². The van der Waals surface area contributed by atoms with Gasteiger partial charge in [-0.2, -0.15) is 0 Å². The van der Waals surface area contributed by atoms with E-state index in [0.29, 0.717) is 17.6 Å². The summed E-state index contributed by atoms with van der Waals surface area (Å²) in [5.74, 6) is 2.43. The van der Waals surface area contributed by atoms with Crippen LogP contribution in [-0.2, 0) is 0 Å². The number of rotatable bonds is 0. The van der Waals surface area contributed by atoms with Crippen molar-refractivity contribution in [3.8, 4) is 5.75 Å². The van der Waals surface area contributed by atoms with E-state index in [2.05, 4.69) is 40.9 Å². The van der Waals surface area contributed by atoms with Crippen molar-refractivity contribution >= 4 is 22.6 Å². The van der Waals surface area contributed by atoms with Crippen LogP contribution in [0, 0.1) is 9.49 Å². The molecule has 0 radical (unpaired) electrons. The lowest BCUT2D eigenvalue weighted by Crippen LogP contribution is -2.12. The number of hydrogen-bond donors (Lipinski definition) is 2. The van der Waals surface area contributed by atoms with Gasteiger partial charge in [0, 0.05) is 12.5 Å². The highest BCUT2D eigenvalue weighted by Gasteiger charge is 2.41. The predicted octanol–water partition coefficient (Wildman–Crippen LogP) is 2.42. The minimum absolute atomic E-state index is 0.439. The van der Waals surface area contributed by atoms with Gasteiger partial charge in [0.25, 0.3) is 0 Å². The second-order valence-electron chi connectivity index (χ2n) is 4.65. The molecule has 2 N–H and O–H groups in total. The maximum Gasteiger partial charge on any atom is 0.129 e. The van der Waals surface area contributed by atoms with Crippen LogP contribution in [0.5, 0.6) is 5.75 Å². The highest BCUT2D eigenvalue weighted by Crippen LogP contribution is 2.49. The first-order valence-electron chi connectivity index (χ1n) is 5.41. The van der Waals surface area contributed by atoms with Crippen LogP contribution in [0.3, 0.4) is 0 Å². The fourth-order valence-electron chi connectivity index (χ4n) is 3.10. The van der Waals surface area contributed by atoms with Crippen molar-refractivity contribution in [1.29, 1.82) is 0 Å². The van der Waals surface area contributed by atoms with Gasteiger partial charge < -0.3 is 10.4 Å². The molecule has 0 spiro atoms. The summed E-state index contributed by atoms with van der Waals surface area (Å²) >= 11 is 2.21. The van der Waals surface area contributed by atoms with Gasteiger partial charge in [0.2, 0.25) is 0 Å². The van der Waals surface area contributed by atoms with E-state index >= 15 is 0 Å². The van der Waals surface area contributed by atoms with E-state index in [9.17, 15) is 5.11 Å². The van der Waals surface area contributed by atoms with Gasteiger partial charge in [0.05, 0.1) is 3.57 Å². The smallest absolute Gasteiger partial charge is 0.129 e. The van der Waals surface area contributed by atoms with E-state index in [1.54, 1.807) is 0 Å². The van der Waals surface area contributed by atoms with E-state index < -0.39 is 0 Å². The monoisotopic (exact) mass is 315 g/mol. The van der Waals surface area contributed by atoms with Crippen molar-refractivity contribution in [1.82, 2.24) is 5.32 Å². The van der Waals surface area contributed by atoms with Crippen LogP contribution in [-0.4, -0.2) is 18.2 Å². The molecule has 1 fully saturated rings. The molecule has 1 aromatic rings. The molecular weight excluding hydrogens is 301 g/mol.